The molecule has 5 rings (SSSR count). The lowest BCUT2D eigenvalue weighted by atomic mass is 9.76. The van der Waals surface area contributed by atoms with Gasteiger partial charge in [-0.05, 0) is 30.7 Å². The third kappa shape index (κ3) is 5.23. The van der Waals surface area contributed by atoms with Crippen LogP contribution in [-0.2, 0) is 11.8 Å². The van der Waals surface area contributed by atoms with Gasteiger partial charge in [0.2, 0.25) is 17.9 Å². The van der Waals surface area contributed by atoms with E-state index >= 15 is 0 Å². The molecule has 0 amide bonds. The molecule has 0 bridgehead atoms. The van der Waals surface area contributed by atoms with Gasteiger partial charge in [0, 0.05) is 50.1 Å². The molecule has 2 saturated heterocycles. The van der Waals surface area contributed by atoms with E-state index in [0.717, 1.165) is 0 Å². The highest BCUT2D eigenvalue weighted by molar-refractivity contribution is 5.74. The molecule has 2 atom stereocenters. The van der Waals surface area contributed by atoms with Crippen LogP contribution in [0, 0.1) is 5.41 Å². The maximum absolute atomic E-state index is 14.3. The molecule has 2 unspecified atom stereocenters. The zero-order valence-corrected chi connectivity index (χ0v) is 20.6. The van der Waals surface area contributed by atoms with Crippen molar-refractivity contribution in [1.82, 2.24) is 25.1 Å². The normalized spacial score (nSPS) is 20.0. The predicted molar refractivity (Wildman–Crippen MR) is 132 cm³/mol. The van der Waals surface area contributed by atoms with Gasteiger partial charge in [0.1, 0.15) is 11.9 Å². The molecule has 0 radical (unpaired) electrons. The number of piperidine rings is 1. The molecule has 202 valence electrons. The number of carbonyl (C=O) groups is 1. The number of aromatic nitrogens is 4. The Hall–Kier alpha value is -3.87. The van der Waals surface area contributed by atoms with Crippen LogP contribution in [0.5, 0.6) is 5.88 Å². The molecule has 3 aromatic rings. The van der Waals surface area contributed by atoms with Crippen molar-refractivity contribution in [1.29, 1.82) is 0 Å². The van der Waals surface area contributed by atoms with Crippen molar-refractivity contribution in [2.45, 2.75) is 37.6 Å². The number of hydrogen-bond donors (Lipinski definition) is 3. The summed E-state index contributed by atoms with van der Waals surface area (Å²) in [7, 11) is 1.69. The molecule has 2 aromatic heterocycles. The Kier molecular flexibility index (Phi) is 6.63. The van der Waals surface area contributed by atoms with Crippen molar-refractivity contribution in [2.24, 2.45) is 12.5 Å². The van der Waals surface area contributed by atoms with Crippen LogP contribution in [0.4, 0.5) is 24.9 Å². The lowest BCUT2D eigenvalue weighted by molar-refractivity contribution is -0.198. The van der Waals surface area contributed by atoms with Crippen molar-refractivity contribution < 1.29 is 27.8 Å². The summed E-state index contributed by atoms with van der Waals surface area (Å²) in [4.78, 5) is 21.4. The molecule has 13 heteroatoms. The Bertz CT molecular complexity index is 1320. The Morgan fingerprint density at radius 3 is 2.61 bits per heavy atom. The van der Waals surface area contributed by atoms with Gasteiger partial charge in [-0.25, -0.2) is 0 Å². The molecule has 0 aliphatic carbocycles. The second kappa shape index (κ2) is 9.78. The molecule has 1 spiro atoms. The molecule has 4 N–H and O–H groups in total. The number of anilines is 2. The van der Waals surface area contributed by atoms with E-state index in [0.29, 0.717) is 56.0 Å². The standard InChI is InChI=1S/C25H28F3N7O3/c1-34-9-6-17(33-34)15-4-2-3-5-16(15)21(25(26,27)28)38-20-12-19(31-23(29)32-20)35-10-7-24(8-11-35)13-18(22(36)37)30-14-24/h2-6,9,12,18,21,30H,7-8,10-11,13-14H2,1H3,(H,36,37)(H2,29,31,32). The Morgan fingerprint density at radius 1 is 1.24 bits per heavy atom. The number of aliphatic carboxylic acids is 1. The number of halogens is 3. The van der Waals surface area contributed by atoms with E-state index in [4.69, 9.17) is 10.5 Å². The van der Waals surface area contributed by atoms with Gasteiger partial charge in [0.15, 0.2) is 0 Å². The molecule has 1 aromatic carbocycles. The maximum Gasteiger partial charge on any atom is 0.429 e. The fourth-order valence-corrected chi connectivity index (χ4v) is 5.28. The Balaban J connectivity index is 1.38. The summed E-state index contributed by atoms with van der Waals surface area (Å²) in [6.07, 6.45) is -3.44. The first-order chi connectivity index (χ1) is 18.0. The van der Waals surface area contributed by atoms with Gasteiger partial charge in [-0.1, -0.05) is 24.3 Å². The SMILES string of the molecule is Cn1ccc(-c2ccccc2C(Oc2cc(N3CCC4(CC3)CNC(C(=O)O)C4)nc(N)n2)C(F)(F)F)n1. The van der Waals surface area contributed by atoms with Gasteiger partial charge < -0.3 is 25.8 Å². The summed E-state index contributed by atoms with van der Waals surface area (Å²) in [5, 5.41) is 16.6. The molecule has 2 aliphatic heterocycles. The smallest absolute Gasteiger partial charge is 0.429 e. The number of benzene rings is 1. The first-order valence-corrected chi connectivity index (χ1v) is 12.2. The number of nitrogens with one attached hydrogen (secondary N) is 1. The first-order valence-electron chi connectivity index (χ1n) is 12.2. The predicted octanol–water partition coefficient (Wildman–Crippen LogP) is 3.17. The van der Waals surface area contributed by atoms with Gasteiger partial charge in [0.05, 0.1) is 5.69 Å². The summed E-state index contributed by atoms with van der Waals surface area (Å²) in [5.41, 5.74) is 6.34. The van der Waals surface area contributed by atoms with E-state index in [1.807, 2.05) is 4.90 Å². The van der Waals surface area contributed by atoms with Crippen molar-refractivity contribution in [3.05, 3.63) is 48.2 Å². The minimum atomic E-state index is -4.75. The monoisotopic (exact) mass is 531 g/mol. The van der Waals surface area contributed by atoms with Crippen molar-refractivity contribution in [3.63, 3.8) is 0 Å². The molecule has 38 heavy (non-hydrogen) atoms. The Morgan fingerprint density at radius 2 is 1.97 bits per heavy atom. The van der Waals surface area contributed by atoms with E-state index in [2.05, 4.69) is 20.4 Å². The molecular weight excluding hydrogens is 503 g/mol. The average Bonchev–Trinajstić information content (AvgIpc) is 3.49. The first kappa shape index (κ1) is 25.8. The van der Waals surface area contributed by atoms with Gasteiger partial charge in [-0.15, -0.1) is 0 Å². The summed E-state index contributed by atoms with van der Waals surface area (Å²) in [6, 6.07) is 8.51. The third-order valence-corrected chi connectivity index (χ3v) is 7.28. The number of hydrogen-bond acceptors (Lipinski definition) is 8. The maximum atomic E-state index is 14.3. The highest BCUT2D eigenvalue weighted by atomic mass is 19.4. The largest absolute Gasteiger partial charge is 0.480 e. The van der Waals surface area contributed by atoms with Crippen molar-refractivity contribution >= 4 is 17.7 Å². The molecule has 0 saturated carbocycles. The summed E-state index contributed by atoms with van der Waals surface area (Å²) >= 11 is 0. The zero-order chi connectivity index (χ0) is 27.1. The summed E-state index contributed by atoms with van der Waals surface area (Å²) in [6.45, 7) is 1.71. The zero-order valence-electron chi connectivity index (χ0n) is 20.6. The van der Waals surface area contributed by atoms with Gasteiger partial charge in [0.25, 0.3) is 0 Å². The molecule has 4 heterocycles. The van der Waals surface area contributed by atoms with E-state index in [-0.39, 0.29) is 22.8 Å². The Labute approximate surface area is 216 Å². The number of nitrogens with zero attached hydrogens (tertiary/aromatic N) is 5. The number of alkyl halides is 3. The van der Waals surface area contributed by atoms with Gasteiger partial charge >= 0.3 is 12.1 Å². The number of carboxylic acid groups (broad SMARTS) is 1. The van der Waals surface area contributed by atoms with E-state index in [1.54, 1.807) is 31.4 Å². The quantitative estimate of drug-likeness (QED) is 0.439. The lowest BCUT2D eigenvalue weighted by Gasteiger charge is -2.39. The van der Waals surface area contributed by atoms with Crippen LogP contribution in [0.25, 0.3) is 11.3 Å². The van der Waals surface area contributed by atoms with Crippen molar-refractivity contribution in [2.75, 3.05) is 30.3 Å². The number of nitrogens with two attached hydrogens (primary N) is 1. The van der Waals surface area contributed by atoms with E-state index in [1.165, 1.54) is 22.9 Å². The fraction of sp³-hybridized carbons (Fsp3) is 0.440. The summed E-state index contributed by atoms with van der Waals surface area (Å²) in [5.74, 6) is -0.995. The van der Waals surface area contributed by atoms with Crippen LogP contribution < -0.4 is 20.7 Å². The topological polar surface area (TPSA) is 131 Å². The number of aryl methyl sites for hydroxylation is 1. The van der Waals surface area contributed by atoms with Crippen LogP contribution >= 0.6 is 0 Å². The van der Waals surface area contributed by atoms with Crippen molar-refractivity contribution in [3.8, 4) is 17.1 Å². The number of ether oxygens (including phenoxy) is 1. The van der Waals surface area contributed by atoms with Crippen LogP contribution in [-0.4, -0.2) is 62.7 Å². The van der Waals surface area contributed by atoms with Crippen LogP contribution in [0.15, 0.2) is 42.6 Å². The number of rotatable bonds is 6. The second-order valence-electron chi connectivity index (χ2n) is 9.89. The minimum absolute atomic E-state index is 0.0981. The van der Waals surface area contributed by atoms with Crippen LogP contribution in [0.2, 0.25) is 0 Å². The highest BCUT2D eigenvalue weighted by Crippen LogP contribution is 2.42. The van der Waals surface area contributed by atoms with E-state index < -0.39 is 24.3 Å². The van der Waals surface area contributed by atoms with Gasteiger partial charge in [-0.2, -0.15) is 28.2 Å². The number of carboxylic acids is 1. The average molecular weight is 532 g/mol. The molecule has 2 aliphatic rings. The molecule has 2 fully saturated rings. The molecule has 10 nitrogen and oxygen atoms in total. The lowest BCUT2D eigenvalue weighted by Crippen LogP contribution is -2.41. The minimum Gasteiger partial charge on any atom is -0.480 e. The third-order valence-electron chi connectivity index (χ3n) is 7.28. The highest BCUT2D eigenvalue weighted by Gasteiger charge is 2.46. The number of nitrogen functional groups attached to an aromatic ring is 1. The van der Waals surface area contributed by atoms with Crippen LogP contribution in [0.3, 0.4) is 0 Å². The second-order valence-corrected chi connectivity index (χ2v) is 9.89. The summed E-state index contributed by atoms with van der Waals surface area (Å²) < 4.78 is 50.0. The molecular formula is C25H28F3N7O3. The van der Waals surface area contributed by atoms with E-state index in [9.17, 15) is 23.1 Å². The van der Waals surface area contributed by atoms with Gasteiger partial charge in [-0.3, -0.25) is 9.48 Å². The van der Waals surface area contributed by atoms with Crippen LogP contribution in [0.1, 0.15) is 30.9 Å². The fourth-order valence-electron chi connectivity index (χ4n) is 5.28.